The van der Waals surface area contributed by atoms with Crippen molar-refractivity contribution in [3.63, 3.8) is 0 Å². The van der Waals surface area contributed by atoms with E-state index in [0.29, 0.717) is 0 Å². The number of benzene rings is 1. The molecular formula is C20H26N4. The third-order valence-electron chi connectivity index (χ3n) is 4.27. The van der Waals surface area contributed by atoms with Crippen molar-refractivity contribution in [1.82, 2.24) is 9.97 Å². The Kier molecular flexibility index (Phi) is 5.47. The van der Waals surface area contributed by atoms with Gasteiger partial charge in [-0.3, -0.25) is 0 Å². The molecule has 1 aliphatic carbocycles. The Morgan fingerprint density at radius 2 is 1.92 bits per heavy atom. The van der Waals surface area contributed by atoms with Crippen molar-refractivity contribution in [2.24, 2.45) is 0 Å². The van der Waals surface area contributed by atoms with Crippen molar-refractivity contribution in [2.75, 3.05) is 17.2 Å². The van der Waals surface area contributed by atoms with Gasteiger partial charge < -0.3 is 10.6 Å². The molecule has 0 saturated heterocycles. The van der Waals surface area contributed by atoms with E-state index in [1.165, 1.54) is 31.2 Å². The molecule has 126 valence electrons. The third-order valence-corrected chi connectivity index (χ3v) is 4.27. The zero-order valence-electron chi connectivity index (χ0n) is 14.6. The molecule has 4 nitrogen and oxygen atoms in total. The quantitative estimate of drug-likeness (QED) is 0.723. The molecule has 3 rings (SSSR count). The van der Waals surface area contributed by atoms with E-state index in [1.54, 1.807) is 5.57 Å². The minimum absolute atomic E-state index is 0.770. The molecule has 2 N–H and O–H groups in total. The number of anilines is 3. The van der Waals surface area contributed by atoms with Gasteiger partial charge in [-0.15, -0.1) is 0 Å². The molecule has 0 fully saturated rings. The lowest BCUT2D eigenvalue weighted by atomic mass is 9.97. The standard InChI is InChI=1S/C20H26N4/c1-15-7-6-10-18(13-15)24-20-14-19(22-16(2)23-20)21-12-11-17-8-4-3-5-9-17/h6-8,10,13-14H,3-5,9,11-12H2,1-2H3,(H2,21,22,23,24). The molecule has 2 aromatic rings. The van der Waals surface area contributed by atoms with Gasteiger partial charge in [0.15, 0.2) is 0 Å². The van der Waals surface area contributed by atoms with Crippen LogP contribution in [0.3, 0.4) is 0 Å². The molecule has 0 aliphatic heterocycles. The highest BCUT2D eigenvalue weighted by Crippen LogP contribution is 2.21. The molecule has 24 heavy (non-hydrogen) atoms. The second kappa shape index (κ2) is 7.95. The van der Waals surface area contributed by atoms with Crippen LogP contribution < -0.4 is 10.6 Å². The summed E-state index contributed by atoms with van der Waals surface area (Å²) in [5, 5.41) is 6.80. The third kappa shape index (κ3) is 4.82. The molecule has 1 aromatic carbocycles. The Labute approximate surface area is 144 Å². The van der Waals surface area contributed by atoms with E-state index >= 15 is 0 Å². The highest BCUT2D eigenvalue weighted by molar-refractivity contribution is 5.59. The van der Waals surface area contributed by atoms with E-state index < -0.39 is 0 Å². The van der Waals surface area contributed by atoms with Crippen molar-refractivity contribution >= 4 is 17.3 Å². The predicted octanol–water partition coefficient (Wildman–Crippen LogP) is 5.14. The number of nitrogens with zero attached hydrogens (tertiary/aromatic N) is 2. The molecule has 0 atom stereocenters. The number of rotatable bonds is 6. The number of aromatic nitrogens is 2. The fourth-order valence-corrected chi connectivity index (χ4v) is 3.08. The Morgan fingerprint density at radius 3 is 2.71 bits per heavy atom. The maximum Gasteiger partial charge on any atom is 0.136 e. The maximum absolute atomic E-state index is 4.49. The normalized spacial score (nSPS) is 14.2. The Bertz CT molecular complexity index is 721. The van der Waals surface area contributed by atoms with Gasteiger partial charge in [0, 0.05) is 18.3 Å². The number of allylic oxidation sites excluding steroid dienone is 1. The van der Waals surface area contributed by atoms with Crippen LogP contribution in [0.4, 0.5) is 17.3 Å². The van der Waals surface area contributed by atoms with Gasteiger partial charge in [-0.25, -0.2) is 9.97 Å². The van der Waals surface area contributed by atoms with Crippen LogP contribution >= 0.6 is 0 Å². The lowest BCUT2D eigenvalue weighted by Crippen LogP contribution is -2.08. The molecule has 4 heteroatoms. The predicted molar refractivity (Wildman–Crippen MR) is 101 cm³/mol. The number of hydrogen-bond acceptors (Lipinski definition) is 4. The van der Waals surface area contributed by atoms with E-state index in [9.17, 15) is 0 Å². The second-order valence-electron chi connectivity index (χ2n) is 6.47. The molecule has 0 radical (unpaired) electrons. The van der Waals surface area contributed by atoms with Gasteiger partial charge in [0.1, 0.15) is 17.5 Å². The molecule has 0 spiro atoms. The molecule has 0 saturated carbocycles. The number of nitrogens with one attached hydrogen (secondary N) is 2. The van der Waals surface area contributed by atoms with Gasteiger partial charge in [0.05, 0.1) is 0 Å². The lowest BCUT2D eigenvalue weighted by molar-refractivity contribution is 0.679. The Hall–Kier alpha value is -2.36. The van der Waals surface area contributed by atoms with Crippen LogP contribution in [0.1, 0.15) is 43.5 Å². The highest BCUT2D eigenvalue weighted by atomic mass is 15.1. The molecule has 1 aliphatic rings. The summed E-state index contributed by atoms with van der Waals surface area (Å²) < 4.78 is 0. The van der Waals surface area contributed by atoms with Gasteiger partial charge in [0.25, 0.3) is 0 Å². The monoisotopic (exact) mass is 322 g/mol. The van der Waals surface area contributed by atoms with Gasteiger partial charge in [-0.05, 0) is 63.6 Å². The van der Waals surface area contributed by atoms with Crippen molar-refractivity contribution in [2.45, 2.75) is 46.0 Å². The minimum Gasteiger partial charge on any atom is -0.370 e. The van der Waals surface area contributed by atoms with Crippen LogP contribution in [0.25, 0.3) is 0 Å². The molecule has 1 aromatic heterocycles. The van der Waals surface area contributed by atoms with Gasteiger partial charge in [0.2, 0.25) is 0 Å². The summed E-state index contributed by atoms with van der Waals surface area (Å²) in [4.78, 5) is 8.98. The highest BCUT2D eigenvalue weighted by Gasteiger charge is 2.05. The molecule has 0 bridgehead atoms. The molecule has 1 heterocycles. The summed E-state index contributed by atoms with van der Waals surface area (Å²) in [5.74, 6) is 2.48. The number of hydrogen-bond donors (Lipinski definition) is 2. The average Bonchev–Trinajstić information content (AvgIpc) is 2.55. The zero-order valence-corrected chi connectivity index (χ0v) is 14.6. The van der Waals surface area contributed by atoms with E-state index in [-0.39, 0.29) is 0 Å². The van der Waals surface area contributed by atoms with Crippen LogP contribution in [0.5, 0.6) is 0 Å². The summed E-state index contributed by atoms with van der Waals surface area (Å²) in [6.45, 7) is 4.94. The summed E-state index contributed by atoms with van der Waals surface area (Å²) in [6.07, 6.45) is 8.68. The summed E-state index contributed by atoms with van der Waals surface area (Å²) in [5.41, 5.74) is 3.86. The lowest BCUT2D eigenvalue weighted by Gasteiger charge is -2.14. The van der Waals surface area contributed by atoms with Gasteiger partial charge >= 0.3 is 0 Å². The SMILES string of the molecule is Cc1cccc(Nc2cc(NCCC3=CCCCC3)nc(C)n2)c1. The van der Waals surface area contributed by atoms with Crippen LogP contribution in [0.2, 0.25) is 0 Å². The summed E-state index contributed by atoms with van der Waals surface area (Å²) in [6, 6.07) is 10.3. The van der Waals surface area contributed by atoms with Crippen molar-refractivity contribution in [3.05, 3.63) is 53.4 Å². The van der Waals surface area contributed by atoms with Crippen LogP contribution in [-0.4, -0.2) is 16.5 Å². The first-order valence-electron chi connectivity index (χ1n) is 8.80. The smallest absolute Gasteiger partial charge is 0.136 e. The second-order valence-corrected chi connectivity index (χ2v) is 6.47. The number of aryl methyl sites for hydroxylation is 2. The van der Waals surface area contributed by atoms with Crippen molar-refractivity contribution < 1.29 is 0 Å². The fourth-order valence-electron chi connectivity index (χ4n) is 3.08. The fraction of sp³-hybridized carbons (Fsp3) is 0.400. The topological polar surface area (TPSA) is 49.8 Å². The van der Waals surface area contributed by atoms with Gasteiger partial charge in [-0.1, -0.05) is 23.8 Å². The summed E-state index contributed by atoms with van der Waals surface area (Å²) in [7, 11) is 0. The first-order chi connectivity index (χ1) is 11.7. The van der Waals surface area contributed by atoms with E-state index in [4.69, 9.17) is 0 Å². The molecular weight excluding hydrogens is 296 g/mol. The zero-order chi connectivity index (χ0) is 16.8. The Balaban J connectivity index is 1.61. The summed E-state index contributed by atoms with van der Waals surface area (Å²) >= 11 is 0. The van der Waals surface area contributed by atoms with E-state index in [1.807, 2.05) is 25.1 Å². The van der Waals surface area contributed by atoms with Crippen molar-refractivity contribution in [1.29, 1.82) is 0 Å². The largest absolute Gasteiger partial charge is 0.370 e. The van der Waals surface area contributed by atoms with E-state index in [2.05, 4.69) is 45.7 Å². The first kappa shape index (κ1) is 16.5. The maximum atomic E-state index is 4.49. The van der Waals surface area contributed by atoms with Crippen molar-refractivity contribution in [3.8, 4) is 0 Å². The first-order valence-corrected chi connectivity index (χ1v) is 8.80. The minimum atomic E-state index is 0.770. The van der Waals surface area contributed by atoms with Crippen LogP contribution in [-0.2, 0) is 0 Å². The average molecular weight is 322 g/mol. The van der Waals surface area contributed by atoms with E-state index in [0.717, 1.165) is 36.1 Å². The molecule has 0 amide bonds. The van der Waals surface area contributed by atoms with Crippen LogP contribution in [0, 0.1) is 13.8 Å². The van der Waals surface area contributed by atoms with Gasteiger partial charge in [-0.2, -0.15) is 0 Å². The Morgan fingerprint density at radius 1 is 1.04 bits per heavy atom. The van der Waals surface area contributed by atoms with Crippen LogP contribution in [0.15, 0.2) is 42.0 Å². The molecule has 0 unspecified atom stereocenters.